The van der Waals surface area contributed by atoms with Crippen molar-refractivity contribution in [3.8, 4) is 0 Å². The summed E-state index contributed by atoms with van der Waals surface area (Å²) < 4.78 is 1.74. The van der Waals surface area contributed by atoms with E-state index < -0.39 is 6.10 Å². The van der Waals surface area contributed by atoms with Crippen molar-refractivity contribution >= 4 is 5.91 Å². The second-order valence-electron chi connectivity index (χ2n) is 5.54. The van der Waals surface area contributed by atoms with Gasteiger partial charge in [0.1, 0.15) is 0 Å². The third-order valence-electron chi connectivity index (χ3n) is 3.86. The molecule has 1 aliphatic rings. The number of carbonyl (C=O) groups excluding carboxylic acids is 1. The predicted molar refractivity (Wildman–Crippen MR) is 75.5 cm³/mol. The summed E-state index contributed by atoms with van der Waals surface area (Å²) in [5.41, 5.74) is 1.98. The van der Waals surface area contributed by atoms with E-state index in [1.54, 1.807) is 23.4 Å². The van der Waals surface area contributed by atoms with Crippen molar-refractivity contribution < 1.29 is 9.90 Å². The summed E-state index contributed by atoms with van der Waals surface area (Å²) in [4.78, 5) is 18.9. The van der Waals surface area contributed by atoms with E-state index in [9.17, 15) is 9.90 Å². The summed E-state index contributed by atoms with van der Waals surface area (Å²) in [7, 11) is 0. The summed E-state index contributed by atoms with van der Waals surface area (Å²) >= 11 is 0. The molecule has 1 aliphatic carbocycles. The van der Waals surface area contributed by atoms with Gasteiger partial charge in [0.25, 0.3) is 0 Å². The van der Waals surface area contributed by atoms with E-state index in [0.717, 1.165) is 11.3 Å². The highest BCUT2D eigenvalue weighted by Crippen LogP contribution is 2.32. The average Bonchev–Trinajstić information content (AvgIpc) is 3.07. The first-order valence-corrected chi connectivity index (χ1v) is 7.09. The molecule has 0 spiro atoms. The number of H-pyrrole nitrogens is 1. The number of hydrogen-bond acceptors (Lipinski definition) is 4. The standard InChI is InChI=1S/C14H19N5O2/c1-9-5-17-19(7-9)14-11(4-12(14)20)18-13(21)3-2-10-6-15-8-16-10/h5-8,11-12,14,20H,2-4H2,1H3,(H,15,16)(H,18,21)/t11-,12+,14+/m0/s1. The van der Waals surface area contributed by atoms with Crippen LogP contribution in [0.2, 0.25) is 0 Å². The molecule has 0 aromatic carbocycles. The fourth-order valence-electron chi connectivity index (χ4n) is 2.66. The van der Waals surface area contributed by atoms with Crippen molar-refractivity contribution in [1.29, 1.82) is 0 Å². The van der Waals surface area contributed by atoms with Crippen LogP contribution in [0.25, 0.3) is 0 Å². The van der Waals surface area contributed by atoms with Crippen LogP contribution in [-0.4, -0.2) is 42.9 Å². The Balaban J connectivity index is 1.53. The minimum atomic E-state index is -0.456. The van der Waals surface area contributed by atoms with Gasteiger partial charge >= 0.3 is 0 Å². The van der Waals surface area contributed by atoms with Crippen molar-refractivity contribution in [2.75, 3.05) is 0 Å². The molecule has 0 radical (unpaired) electrons. The molecule has 0 saturated heterocycles. The lowest BCUT2D eigenvalue weighted by molar-refractivity contribution is -0.124. The minimum absolute atomic E-state index is 0.0182. The summed E-state index contributed by atoms with van der Waals surface area (Å²) in [5.74, 6) is -0.0182. The maximum absolute atomic E-state index is 12.0. The second kappa shape index (κ2) is 5.69. The zero-order chi connectivity index (χ0) is 14.8. The zero-order valence-corrected chi connectivity index (χ0v) is 11.9. The Morgan fingerprint density at radius 2 is 2.43 bits per heavy atom. The number of hydrogen-bond donors (Lipinski definition) is 3. The summed E-state index contributed by atoms with van der Waals surface area (Å²) in [6, 6.07) is -0.233. The quantitative estimate of drug-likeness (QED) is 0.739. The maximum Gasteiger partial charge on any atom is 0.220 e. The highest BCUT2D eigenvalue weighted by molar-refractivity contribution is 5.76. The van der Waals surface area contributed by atoms with Crippen LogP contribution < -0.4 is 5.32 Å². The van der Waals surface area contributed by atoms with E-state index in [2.05, 4.69) is 20.4 Å². The van der Waals surface area contributed by atoms with Gasteiger partial charge in [0, 0.05) is 24.5 Å². The van der Waals surface area contributed by atoms with Gasteiger partial charge in [-0.25, -0.2) is 4.98 Å². The zero-order valence-electron chi connectivity index (χ0n) is 11.9. The van der Waals surface area contributed by atoms with Gasteiger partial charge < -0.3 is 15.4 Å². The minimum Gasteiger partial charge on any atom is -0.391 e. The van der Waals surface area contributed by atoms with Crippen molar-refractivity contribution in [1.82, 2.24) is 25.1 Å². The lowest BCUT2D eigenvalue weighted by Crippen LogP contribution is -2.56. The second-order valence-corrected chi connectivity index (χ2v) is 5.54. The lowest BCUT2D eigenvalue weighted by atomic mass is 9.83. The molecular formula is C14H19N5O2. The molecule has 2 heterocycles. The van der Waals surface area contributed by atoms with Gasteiger partial charge in [-0.05, 0) is 25.3 Å². The molecule has 0 bridgehead atoms. The van der Waals surface area contributed by atoms with E-state index in [-0.39, 0.29) is 18.0 Å². The highest BCUT2D eigenvalue weighted by atomic mass is 16.3. The smallest absolute Gasteiger partial charge is 0.220 e. The van der Waals surface area contributed by atoms with Gasteiger partial charge in [0.2, 0.25) is 5.91 Å². The SMILES string of the molecule is Cc1cnn([C@H]2[C@H](O)C[C@@H]2NC(=O)CCc2cnc[nH]2)c1. The van der Waals surface area contributed by atoms with E-state index in [0.29, 0.717) is 19.3 Å². The number of imidazole rings is 1. The Bertz CT molecular complexity index is 607. The average molecular weight is 289 g/mol. The Morgan fingerprint density at radius 1 is 1.57 bits per heavy atom. The highest BCUT2D eigenvalue weighted by Gasteiger charge is 2.42. The van der Waals surface area contributed by atoms with Gasteiger partial charge in [-0.1, -0.05) is 0 Å². The molecule has 3 atom stereocenters. The number of nitrogens with zero attached hydrogens (tertiary/aromatic N) is 3. The van der Waals surface area contributed by atoms with Crippen LogP contribution in [0.5, 0.6) is 0 Å². The number of aliphatic hydroxyl groups excluding tert-OH is 1. The first-order chi connectivity index (χ1) is 10.1. The van der Waals surface area contributed by atoms with Crippen molar-refractivity contribution in [2.45, 2.75) is 44.4 Å². The van der Waals surface area contributed by atoms with Crippen LogP contribution in [0, 0.1) is 6.92 Å². The fraction of sp³-hybridized carbons (Fsp3) is 0.500. The van der Waals surface area contributed by atoms with Crippen molar-refractivity contribution in [3.05, 3.63) is 36.2 Å². The first-order valence-electron chi connectivity index (χ1n) is 7.09. The predicted octanol–water partition coefficient (Wildman–Crippen LogP) is 0.338. The molecule has 0 unspecified atom stereocenters. The van der Waals surface area contributed by atoms with Crippen molar-refractivity contribution in [2.24, 2.45) is 0 Å². The summed E-state index contributed by atoms with van der Waals surface area (Å²) in [6.45, 7) is 1.95. The fourth-order valence-corrected chi connectivity index (χ4v) is 2.66. The largest absolute Gasteiger partial charge is 0.391 e. The molecule has 21 heavy (non-hydrogen) atoms. The van der Waals surface area contributed by atoms with Crippen LogP contribution in [0.1, 0.15) is 30.1 Å². The normalized spacial score (nSPS) is 24.6. The molecule has 112 valence electrons. The van der Waals surface area contributed by atoms with Gasteiger partial charge in [0.05, 0.1) is 30.7 Å². The molecule has 0 aliphatic heterocycles. The third kappa shape index (κ3) is 2.97. The first kappa shape index (κ1) is 13.8. The number of amides is 1. The maximum atomic E-state index is 12.0. The number of aromatic nitrogens is 4. The molecule has 3 rings (SSSR count). The Morgan fingerprint density at radius 3 is 3.05 bits per heavy atom. The van der Waals surface area contributed by atoms with Gasteiger partial charge in [-0.15, -0.1) is 0 Å². The van der Waals surface area contributed by atoms with Gasteiger partial charge in [-0.3, -0.25) is 9.48 Å². The Hall–Kier alpha value is -2.15. The number of carbonyl (C=O) groups is 1. The molecule has 2 aromatic rings. The van der Waals surface area contributed by atoms with E-state index >= 15 is 0 Å². The van der Waals surface area contributed by atoms with Crippen LogP contribution >= 0.6 is 0 Å². The monoisotopic (exact) mass is 289 g/mol. The van der Waals surface area contributed by atoms with E-state index in [1.165, 1.54) is 0 Å². The van der Waals surface area contributed by atoms with E-state index in [1.807, 2.05) is 13.1 Å². The molecular weight excluding hydrogens is 270 g/mol. The number of nitrogens with one attached hydrogen (secondary N) is 2. The summed E-state index contributed by atoms with van der Waals surface area (Å²) in [6.07, 6.45) is 8.11. The number of rotatable bonds is 5. The van der Waals surface area contributed by atoms with Crippen LogP contribution in [0.4, 0.5) is 0 Å². The third-order valence-corrected chi connectivity index (χ3v) is 3.86. The Kier molecular flexibility index (Phi) is 3.74. The van der Waals surface area contributed by atoms with Crippen LogP contribution in [0.15, 0.2) is 24.9 Å². The number of aliphatic hydroxyl groups is 1. The molecule has 7 heteroatoms. The Labute approximate surface area is 122 Å². The molecule has 2 aromatic heterocycles. The van der Waals surface area contributed by atoms with Crippen molar-refractivity contribution in [3.63, 3.8) is 0 Å². The molecule has 3 N–H and O–H groups in total. The molecule has 1 saturated carbocycles. The molecule has 1 fully saturated rings. The number of aromatic amines is 1. The van der Waals surface area contributed by atoms with Crippen LogP contribution in [-0.2, 0) is 11.2 Å². The van der Waals surface area contributed by atoms with Crippen LogP contribution in [0.3, 0.4) is 0 Å². The topological polar surface area (TPSA) is 95.8 Å². The molecule has 1 amide bonds. The lowest BCUT2D eigenvalue weighted by Gasteiger charge is -2.41. The number of aryl methyl sites for hydroxylation is 2. The molecule has 7 nitrogen and oxygen atoms in total. The van der Waals surface area contributed by atoms with E-state index in [4.69, 9.17) is 0 Å². The van der Waals surface area contributed by atoms with Gasteiger partial charge in [-0.2, -0.15) is 5.10 Å². The summed E-state index contributed by atoms with van der Waals surface area (Å²) in [5, 5.41) is 17.1. The van der Waals surface area contributed by atoms with Gasteiger partial charge in [0.15, 0.2) is 0 Å².